The zero-order valence-corrected chi connectivity index (χ0v) is 16.9. The van der Waals surface area contributed by atoms with Crippen LogP contribution in [0, 0.1) is 0 Å². The van der Waals surface area contributed by atoms with Crippen LogP contribution in [-0.4, -0.2) is 7.85 Å². The van der Waals surface area contributed by atoms with Gasteiger partial charge in [-0.3, -0.25) is 0 Å². The molecular weight excluding hydrogens is 287 g/mol. The molecule has 0 aromatic heterocycles. The molecule has 1 aliphatic carbocycles. The monoisotopic (exact) mass is 318 g/mol. The molecule has 1 aliphatic rings. The summed E-state index contributed by atoms with van der Waals surface area (Å²) in [6.07, 6.45) is 0. The molecule has 2 aromatic rings. The normalized spacial score (nSPS) is 16.0. The Balaban J connectivity index is 2.29. The van der Waals surface area contributed by atoms with Crippen LogP contribution >= 0.6 is 0 Å². The maximum Gasteiger partial charge on any atom is 0.140 e. The van der Waals surface area contributed by atoms with Crippen LogP contribution < -0.4 is 5.46 Å². The number of rotatable bonds is 0. The molecule has 0 saturated heterocycles. The highest BCUT2D eigenvalue weighted by Crippen LogP contribution is 2.49. The predicted octanol–water partition coefficient (Wildman–Crippen LogP) is 4.85. The van der Waals surface area contributed by atoms with Crippen molar-refractivity contribution in [2.45, 2.75) is 71.6 Å². The van der Waals surface area contributed by atoms with Crippen molar-refractivity contribution in [3.8, 4) is 11.1 Å². The highest BCUT2D eigenvalue weighted by Gasteiger charge is 2.37. The SMILES string of the molecule is Bc1cc(C(C)(C)C)cc2c1-c1ccc(C(C)(C)C)cc1C2(C)C. The maximum absolute atomic E-state index is 2.46. The van der Waals surface area contributed by atoms with Gasteiger partial charge in [0.2, 0.25) is 0 Å². The summed E-state index contributed by atoms with van der Waals surface area (Å²) in [7, 11) is 2.27. The standard InChI is InChI=1S/C23H31B/c1-21(2,3)14-9-10-16-17(11-14)23(7,8)18-12-15(22(4,5)6)13-19(24)20(16)18/h9-13H,24H2,1-8H3. The topological polar surface area (TPSA) is 0 Å². The van der Waals surface area contributed by atoms with Gasteiger partial charge in [-0.2, -0.15) is 0 Å². The molecule has 3 rings (SSSR count). The molecule has 0 atom stereocenters. The van der Waals surface area contributed by atoms with Gasteiger partial charge in [0.25, 0.3) is 0 Å². The third-order valence-corrected chi connectivity index (χ3v) is 5.70. The van der Waals surface area contributed by atoms with Gasteiger partial charge in [-0.05, 0) is 44.2 Å². The summed E-state index contributed by atoms with van der Waals surface area (Å²) in [5.41, 5.74) is 10.6. The molecule has 1 heteroatoms. The molecule has 0 heterocycles. The first kappa shape index (κ1) is 17.3. The lowest BCUT2D eigenvalue weighted by Crippen LogP contribution is -2.21. The molecule has 0 aliphatic heterocycles. The highest BCUT2D eigenvalue weighted by molar-refractivity contribution is 6.36. The van der Waals surface area contributed by atoms with Gasteiger partial charge >= 0.3 is 0 Å². The average molecular weight is 318 g/mol. The van der Waals surface area contributed by atoms with Crippen molar-refractivity contribution in [1.82, 2.24) is 0 Å². The zero-order valence-electron chi connectivity index (χ0n) is 16.9. The molecule has 24 heavy (non-hydrogen) atoms. The summed E-state index contributed by atoms with van der Waals surface area (Å²) < 4.78 is 0. The van der Waals surface area contributed by atoms with Crippen LogP contribution in [0.15, 0.2) is 30.3 Å². The van der Waals surface area contributed by atoms with Crippen LogP contribution in [0.1, 0.15) is 77.6 Å². The fourth-order valence-corrected chi connectivity index (χ4v) is 3.96. The highest BCUT2D eigenvalue weighted by atomic mass is 14.4. The lowest BCUT2D eigenvalue weighted by atomic mass is 9.75. The second-order valence-corrected chi connectivity index (χ2v) is 10.1. The summed E-state index contributed by atoms with van der Waals surface area (Å²) in [6.45, 7) is 18.6. The quantitative estimate of drug-likeness (QED) is 0.609. The molecule has 0 fully saturated rings. The fourth-order valence-electron chi connectivity index (χ4n) is 3.96. The Labute approximate surface area is 149 Å². The van der Waals surface area contributed by atoms with Crippen LogP contribution in [0.4, 0.5) is 0 Å². The van der Waals surface area contributed by atoms with Crippen molar-refractivity contribution < 1.29 is 0 Å². The molecule has 0 unspecified atom stereocenters. The zero-order chi connectivity index (χ0) is 18.1. The van der Waals surface area contributed by atoms with E-state index in [9.17, 15) is 0 Å². The second-order valence-electron chi connectivity index (χ2n) is 10.1. The largest absolute Gasteiger partial charge is 0.140 e. The average Bonchev–Trinajstić information content (AvgIpc) is 2.66. The van der Waals surface area contributed by atoms with Crippen LogP contribution in [-0.2, 0) is 16.2 Å². The fraction of sp³-hybridized carbons (Fsp3) is 0.478. The Morgan fingerprint density at radius 2 is 1.29 bits per heavy atom. The van der Waals surface area contributed by atoms with E-state index in [2.05, 4.69) is 93.6 Å². The molecule has 0 N–H and O–H groups in total. The van der Waals surface area contributed by atoms with Crippen LogP contribution in [0.2, 0.25) is 0 Å². The molecule has 0 radical (unpaired) electrons. The van der Waals surface area contributed by atoms with Crippen molar-refractivity contribution in [1.29, 1.82) is 0 Å². The Morgan fingerprint density at radius 1 is 0.750 bits per heavy atom. The minimum atomic E-state index is 0.0674. The van der Waals surface area contributed by atoms with Gasteiger partial charge in [-0.15, -0.1) is 0 Å². The van der Waals surface area contributed by atoms with E-state index in [0.717, 1.165) is 0 Å². The smallest absolute Gasteiger partial charge is 0.0807 e. The van der Waals surface area contributed by atoms with Crippen molar-refractivity contribution in [3.63, 3.8) is 0 Å². The van der Waals surface area contributed by atoms with E-state index in [-0.39, 0.29) is 16.2 Å². The summed E-state index contributed by atoms with van der Waals surface area (Å²) in [6, 6.07) is 12.0. The van der Waals surface area contributed by atoms with E-state index < -0.39 is 0 Å². The molecule has 0 amide bonds. The minimum absolute atomic E-state index is 0.0674. The van der Waals surface area contributed by atoms with Gasteiger partial charge < -0.3 is 0 Å². The lowest BCUT2D eigenvalue weighted by Gasteiger charge is -2.27. The molecule has 0 spiro atoms. The van der Waals surface area contributed by atoms with Gasteiger partial charge in [0.1, 0.15) is 7.85 Å². The first-order valence-corrected chi connectivity index (χ1v) is 9.14. The van der Waals surface area contributed by atoms with Gasteiger partial charge in [-0.25, -0.2) is 0 Å². The van der Waals surface area contributed by atoms with E-state index in [1.54, 1.807) is 0 Å². The molecule has 126 valence electrons. The Hall–Kier alpha value is -1.50. The van der Waals surface area contributed by atoms with Crippen LogP contribution in [0.5, 0.6) is 0 Å². The summed E-state index contributed by atoms with van der Waals surface area (Å²) >= 11 is 0. The van der Waals surface area contributed by atoms with Gasteiger partial charge in [0.15, 0.2) is 0 Å². The third kappa shape index (κ3) is 2.53. The van der Waals surface area contributed by atoms with E-state index in [1.807, 2.05) is 0 Å². The lowest BCUT2D eigenvalue weighted by molar-refractivity contribution is 0.580. The summed E-state index contributed by atoms with van der Waals surface area (Å²) in [4.78, 5) is 0. The Kier molecular flexibility index (Phi) is 3.61. The first-order chi connectivity index (χ1) is 10.8. The van der Waals surface area contributed by atoms with Crippen LogP contribution in [0.3, 0.4) is 0 Å². The molecule has 0 saturated carbocycles. The van der Waals surface area contributed by atoms with Crippen molar-refractivity contribution >= 4 is 13.3 Å². The first-order valence-electron chi connectivity index (χ1n) is 9.14. The number of hydrogen-bond acceptors (Lipinski definition) is 0. The van der Waals surface area contributed by atoms with E-state index in [1.165, 1.54) is 38.8 Å². The summed E-state index contributed by atoms with van der Waals surface area (Å²) in [5.74, 6) is 0. The van der Waals surface area contributed by atoms with Crippen molar-refractivity contribution in [2.75, 3.05) is 0 Å². The predicted molar refractivity (Wildman–Crippen MR) is 110 cm³/mol. The molecule has 2 aromatic carbocycles. The Bertz CT molecular complexity index is 811. The molecule has 0 nitrogen and oxygen atoms in total. The molecule has 0 bridgehead atoms. The van der Waals surface area contributed by atoms with Gasteiger partial charge in [0.05, 0.1) is 0 Å². The van der Waals surface area contributed by atoms with Gasteiger partial charge in [-0.1, -0.05) is 91.2 Å². The van der Waals surface area contributed by atoms with E-state index in [0.29, 0.717) is 0 Å². The Morgan fingerprint density at radius 3 is 1.83 bits per heavy atom. The van der Waals surface area contributed by atoms with Crippen LogP contribution in [0.25, 0.3) is 11.1 Å². The van der Waals surface area contributed by atoms with Crippen molar-refractivity contribution in [3.05, 3.63) is 52.6 Å². The van der Waals surface area contributed by atoms with Crippen molar-refractivity contribution in [2.24, 2.45) is 0 Å². The second kappa shape index (κ2) is 5.00. The number of benzene rings is 2. The van der Waals surface area contributed by atoms with E-state index in [4.69, 9.17) is 0 Å². The maximum atomic E-state index is 2.46. The van der Waals surface area contributed by atoms with E-state index >= 15 is 0 Å². The van der Waals surface area contributed by atoms with Gasteiger partial charge in [0, 0.05) is 5.41 Å². The minimum Gasteiger partial charge on any atom is -0.0807 e. The third-order valence-electron chi connectivity index (χ3n) is 5.70. The number of hydrogen-bond donors (Lipinski definition) is 0. The molecular formula is C23H31B. The summed E-state index contributed by atoms with van der Waals surface area (Å²) in [5, 5.41) is 0. The number of fused-ring (bicyclic) bond motifs is 3.